The highest BCUT2D eigenvalue weighted by molar-refractivity contribution is 5.99. The van der Waals surface area contributed by atoms with Crippen molar-refractivity contribution in [1.82, 2.24) is 0 Å². The zero-order valence-corrected chi connectivity index (χ0v) is 40.7. The van der Waals surface area contributed by atoms with Crippen LogP contribution in [0.5, 0.6) is 0 Å². The molecule has 12 rings (SSSR count). The van der Waals surface area contributed by atoms with Crippen LogP contribution in [0.4, 0.5) is 42.9 Å². The maximum Gasteiger partial charge on any atom is 0.123 e. The fourth-order valence-corrected chi connectivity index (χ4v) is 11.2. The summed E-state index contributed by atoms with van der Waals surface area (Å²) in [4.78, 5) is 4.39. The maximum atomic E-state index is 14.1. The van der Waals surface area contributed by atoms with Crippen LogP contribution < -0.4 is 9.80 Å². The van der Waals surface area contributed by atoms with Crippen molar-refractivity contribution >= 4 is 69.2 Å². The van der Waals surface area contributed by atoms with E-state index in [1.165, 1.54) is 90.7 Å². The van der Waals surface area contributed by atoms with E-state index in [0.29, 0.717) is 0 Å². The monoisotopic (exact) mass is 934 g/mol. The Morgan fingerprint density at radius 3 is 1.01 bits per heavy atom. The Hall–Kier alpha value is -8.60. The molecule has 348 valence electrons. The third kappa shape index (κ3) is 7.81. The molecule has 0 saturated heterocycles. The van der Waals surface area contributed by atoms with E-state index in [4.69, 9.17) is 0 Å². The molecule has 0 aromatic heterocycles. The first kappa shape index (κ1) is 44.6. The van der Waals surface area contributed by atoms with Gasteiger partial charge in [0, 0.05) is 45.0 Å². The smallest absolute Gasteiger partial charge is 0.123 e. The van der Waals surface area contributed by atoms with E-state index >= 15 is 0 Å². The Kier molecular flexibility index (Phi) is 10.9. The summed E-state index contributed by atoms with van der Waals surface area (Å²) < 4.78 is 28.1. The van der Waals surface area contributed by atoms with E-state index in [-0.39, 0.29) is 22.5 Å². The van der Waals surface area contributed by atoms with Crippen LogP contribution in [-0.2, 0) is 10.8 Å². The molecule has 72 heavy (non-hydrogen) atoms. The quantitative estimate of drug-likeness (QED) is 0.126. The Morgan fingerprint density at radius 2 is 0.625 bits per heavy atom. The van der Waals surface area contributed by atoms with Crippen molar-refractivity contribution in [1.29, 1.82) is 0 Å². The Bertz CT molecular complexity index is 3510. The highest BCUT2D eigenvalue weighted by atomic mass is 19.1. The lowest BCUT2D eigenvalue weighted by Crippen LogP contribution is -2.16. The molecule has 0 fully saturated rings. The summed E-state index contributed by atoms with van der Waals surface area (Å²) in [7, 11) is 0. The van der Waals surface area contributed by atoms with Gasteiger partial charge in [0.15, 0.2) is 0 Å². The molecule has 10 aromatic carbocycles. The van der Waals surface area contributed by atoms with Gasteiger partial charge in [-0.05, 0) is 175 Å². The molecule has 10 aromatic rings. The summed E-state index contributed by atoms with van der Waals surface area (Å²) in [5.74, 6) is -0.505. The predicted octanol–water partition coefficient (Wildman–Crippen LogP) is 19.0. The molecule has 0 saturated carbocycles. The Morgan fingerprint density at radius 1 is 0.306 bits per heavy atom. The molecule has 0 unspecified atom stereocenters. The van der Waals surface area contributed by atoms with Crippen LogP contribution in [0.1, 0.15) is 72.2 Å². The molecule has 2 aliphatic rings. The van der Waals surface area contributed by atoms with Crippen molar-refractivity contribution in [3.63, 3.8) is 0 Å². The summed E-state index contributed by atoms with van der Waals surface area (Å²) in [6.45, 7) is 9.26. The van der Waals surface area contributed by atoms with Gasteiger partial charge in [0.05, 0.1) is 0 Å². The lowest BCUT2D eigenvalue weighted by molar-refractivity contribution is 0.627. The molecule has 0 atom stereocenters. The molecule has 0 heterocycles. The molecule has 4 heteroatoms. The molecule has 0 amide bonds. The van der Waals surface area contributed by atoms with Gasteiger partial charge in [-0.2, -0.15) is 0 Å². The van der Waals surface area contributed by atoms with Gasteiger partial charge in [0.1, 0.15) is 11.6 Å². The van der Waals surface area contributed by atoms with Crippen LogP contribution in [0.25, 0.3) is 57.3 Å². The van der Waals surface area contributed by atoms with E-state index in [0.717, 1.165) is 45.3 Å². The highest BCUT2D eigenvalue weighted by Gasteiger charge is 2.37. The van der Waals surface area contributed by atoms with Gasteiger partial charge < -0.3 is 9.80 Å². The van der Waals surface area contributed by atoms with Gasteiger partial charge in [-0.1, -0.05) is 173 Å². The Balaban J connectivity index is 0.804. The van der Waals surface area contributed by atoms with Crippen LogP contribution in [0, 0.1) is 11.6 Å². The fourth-order valence-electron chi connectivity index (χ4n) is 11.2. The maximum absolute atomic E-state index is 14.1. The lowest BCUT2D eigenvalue weighted by atomic mass is 9.81. The van der Waals surface area contributed by atoms with E-state index in [1.54, 1.807) is 0 Å². The standard InChI is InChI=1S/C68H52F2N2/c1-67(2)63-41-45(21-37-59(63)61-39-35-55(43-65(61)67)71(51-13-7-5-8-14-51)53-31-27-49(69)28-32-53)19-23-47-25-26-48(58-18-12-11-17-57(47)58)24-20-46-22-38-60-62-40-36-56(44-66(62)68(3,4)64(60)42-46)72(52-15-9-6-10-16-52)54-33-29-50(70)30-34-54/h5-44H,1-4H3. The van der Waals surface area contributed by atoms with Crippen molar-refractivity contribution in [3.05, 3.63) is 275 Å². The third-order valence-corrected chi connectivity index (χ3v) is 15.0. The zero-order chi connectivity index (χ0) is 49.1. The molecule has 0 N–H and O–H groups in total. The molecule has 2 nitrogen and oxygen atoms in total. The minimum Gasteiger partial charge on any atom is -0.310 e. The van der Waals surface area contributed by atoms with Crippen LogP contribution in [-0.4, -0.2) is 0 Å². The number of nitrogens with zero attached hydrogens (tertiary/aromatic N) is 2. The summed E-state index contributed by atoms with van der Waals surface area (Å²) in [6.07, 6.45) is 8.97. The van der Waals surface area contributed by atoms with Gasteiger partial charge in [-0.15, -0.1) is 0 Å². The van der Waals surface area contributed by atoms with Crippen molar-refractivity contribution < 1.29 is 8.78 Å². The first-order valence-electron chi connectivity index (χ1n) is 24.7. The normalized spacial score (nSPS) is 13.8. The number of fused-ring (bicyclic) bond motifs is 7. The first-order chi connectivity index (χ1) is 35.0. The SMILES string of the molecule is CC1(C)c2cc(C=Cc3ccc(C=Cc4ccc5c(c4)C(C)(C)c4cc(N(c6ccccc6)c6ccc(F)cc6)ccc4-5)c4ccccc34)ccc2-c2ccc(N(c3ccccc3)c3ccc(F)cc3)cc21. The highest BCUT2D eigenvalue weighted by Crippen LogP contribution is 2.53. The Labute approximate surface area is 421 Å². The van der Waals surface area contributed by atoms with Crippen LogP contribution in [0.15, 0.2) is 218 Å². The minimum atomic E-state index is -0.252. The second-order valence-electron chi connectivity index (χ2n) is 20.1. The van der Waals surface area contributed by atoms with Crippen LogP contribution in [0.2, 0.25) is 0 Å². The number of hydrogen-bond donors (Lipinski definition) is 0. The van der Waals surface area contributed by atoms with Gasteiger partial charge >= 0.3 is 0 Å². The number of benzene rings is 10. The number of anilines is 6. The average molecular weight is 935 g/mol. The van der Waals surface area contributed by atoms with Gasteiger partial charge in [0.2, 0.25) is 0 Å². The van der Waals surface area contributed by atoms with E-state index in [9.17, 15) is 8.78 Å². The van der Waals surface area contributed by atoms with Gasteiger partial charge in [0.25, 0.3) is 0 Å². The summed E-state index contributed by atoms with van der Waals surface area (Å²) in [5, 5.41) is 2.40. The molecular weight excluding hydrogens is 883 g/mol. The summed E-state index contributed by atoms with van der Waals surface area (Å²) in [6, 6.07) is 74.3. The van der Waals surface area contributed by atoms with Crippen LogP contribution in [0.3, 0.4) is 0 Å². The van der Waals surface area contributed by atoms with E-state index < -0.39 is 0 Å². The lowest BCUT2D eigenvalue weighted by Gasteiger charge is -2.28. The number of rotatable bonds is 10. The number of halogens is 2. The molecule has 2 aliphatic carbocycles. The second kappa shape index (κ2) is 17.7. The summed E-state index contributed by atoms with van der Waals surface area (Å²) in [5.41, 5.74) is 20.2. The fraction of sp³-hybridized carbons (Fsp3) is 0.0882. The zero-order valence-electron chi connectivity index (χ0n) is 40.7. The van der Waals surface area contributed by atoms with Crippen molar-refractivity contribution in [2.45, 2.75) is 38.5 Å². The van der Waals surface area contributed by atoms with Gasteiger partial charge in [-0.25, -0.2) is 8.78 Å². The molecular formula is C68H52F2N2. The predicted molar refractivity (Wildman–Crippen MR) is 299 cm³/mol. The third-order valence-electron chi connectivity index (χ3n) is 15.0. The largest absolute Gasteiger partial charge is 0.310 e. The topological polar surface area (TPSA) is 6.48 Å². The molecule has 0 spiro atoms. The van der Waals surface area contributed by atoms with Crippen molar-refractivity contribution in [2.24, 2.45) is 0 Å². The minimum absolute atomic E-state index is 0.241. The van der Waals surface area contributed by atoms with Gasteiger partial charge in [-0.3, -0.25) is 0 Å². The van der Waals surface area contributed by atoms with Crippen molar-refractivity contribution in [3.8, 4) is 22.3 Å². The molecule has 0 bridgehead atoms. The van der Waals surface area contributed by atoms with Crippen molar-refractivity contribution in [2.75, 3.05) is 9.80 Å². The molecule has 0 aliphatic heterocycles. The average Bonchev–Trinajstić information content (AvgIpc) is 3.77. The van der Waals surface area contributed by atoms with Crippen LogP contribution >= 0.6 is 0 Å². The van der Waals surface area contributed by atoms with E-state index in [1.807, 2.05) is 60.7 Å². The first-order valence-corrected chi connectivity index (χ1v) is 24.7. The summed E-state index contributed by atoms with van der Waals surface area (Å²) >= 11 is 0. The molecule has 0 radical (unpaired) electrons. The number of para-hydroxylation sites is 2. The van der Waals surface area contributed by atoms with E-state index in [2.05, 4.69) is 195 Å². The second-order valence-corrected chi connectivity index (χ2v) is 20.1. The number of hydrogen-bond acceptors (Lipinski definition) is 2.